The first kappa shape index (κ1) is 27.9. The zero-order chi connectivity index (χ0) is 27.7. The molecule has 1 aromatic rings. The van der Waals surface area contributed by atoms with E-state index in [1.165, 1.54) is 11.0 Å². The Morgan fingerprint density at radius 3 is 2.50 bits per heavy atom. The molecule has 3 fully saturated rings. The molecule has 1 N–H and O–H groups in total. The monoisotopic (exact) mass is 526 g/mol. The van der Waals surface area contributed by atoms with Crippen LogP contribution in [0.3, 0.4) is 0 Å². The van der Waals surface area contributed by atoms with Gasteiger partial charge in [0.2, 0.25) is 5.91 Å². The molecule has 1 aromatic carbocycles. The summed E-state index contributed by atoms with van der Waals surface area (Å²) < 4.78 is 17.5. The van der Waals surface area contributed by atoms with Crippen molar-refractivity contribution in [3.05, 3.63) is 49.6 Å². The Morgan fingerprint density at radius 1 is 1.24 bits per heavy atom. The van der Waals surface area contributed by atoms with E-state index in [0.29, 0.717) is 37.1 Å². The summed E-state index contributed by atoms with van der Waals surface area (Å²) in [5.74, 6) is -2.30. The molecule has 0 aliphatic carbocycles. The third-order valence-electron chi connectivity index (χ3n) is 8.49. The van der Waals surface area contributed by atoms with Crippen molar-refractivity contribution in [1.29, 1.82) is 0 Å². The number of esters is 1. The van der Waals surface area contributed by atoms with E-state index in [2.05, 4.69) is 13.2 Å². The summed E-state index contributed by atoms with van der Waals surface area (Å²) in [4.78, 5) is 45.1. The summed E-state index contributed by atoms with van der Waals surface area (Å²) in [5, 5.41) is 10.2. The van der Waals surface area contributed by atoms with Gasteiger partial charge < -0.3 is 29.1 Å². The second-order valence-electron chi connectivity index (χ2n) is 10.2. The Hall–Kier alpha value is -3.17. The highest BCUT2D eigenvalue weighted by atomic mass is 16.6. The van der Waals surface area contributed by atoms with Crippen molar-refractivity contribution < 1.29 is 33.7 Å². The number of aliphatic hydroxyl groups excluding tert-OH is 1. The second kappa shape index (κ2) is 10.9. The number of carbonyl (C=O) groups excluding carboxylic acids is 3. The molecule has 4 rings (SSSR count). The summed E-state index contributed by atoms with van der Waals surface area (Å²) in [6.45, 7) is 11.1. The van der Waals surface area contributed by atoms with Crippen LogP contribution >= 0.6 is 0 Å². The van der Waals surface area contributed by atoms with Gasteiger partial charge in [0.1, 0.15) is 29.9 Å². The Morgan fingerprint density at radius 2 is 1.95 bits per heavy atom. The summed E-state index contributed by atoms with van der Waals surface area (Å²) in [6.07, 6.45) is 5.01. The molecule has 2 bridgehead atoms. The smallest absolute Gasteiger partial charge is 0.313 e. The molecule has 3 aliphatic rings. The van der Waals surface area contributed by atoms with Crippen molar-refractivity contribution in [2.45, 2.75) is 62.8 Å². The van der Waals surface area contributed by atoms with E-state index < -0.39 is 41.1 Å². The number of aliphatic hydroxyl groups is 1. The van der Waals surface area contributed by atoms with Crippen molar-refractivity contribution in [3.8, 4) is 5.75 Å². The quantitative estimate of drug-likeness (QED) is 0.330. The lowest BCUT2D eigenvalue weighted by molar-refractivity contribution is -0.161. The molecule has 2 unspecified atom stereocenters. The standard InChI is InChI=1S/C29H38N2O7/c1-6-16-30(20-10-12-21(36-5)13-11-20)26(34)24-29-15-14-28(9-4,38-29)23(27(35)37-17-7-2)22(29)25(33)31(24)19(8-3)18-32/h6-7,10-13,19,22-24,32H,1-2,8-9,14-18H2,3-5H3/t19-,22-,23+,24?,28-,29?/m0/s1. The van der Waals surface area contributed by atoms with Crippen LogP contribution in [0.1, 0.15) is 39.5 Å². The van der Waals surface area contributed by atoms with Gasteiger partial charge >= 0.3 is 5.97 Å². The number of methoxy groups -OCH3 is 1. The van der Waals surface area contributed by atoms with Gasteiger partial charge in [0.25, 0.3) is 5.91 Å². The molecule has 9 nitrogen and oxygen atoms in total. The zero-order valence-electron chi connectivity index (χ0n) is 22.4. The Bertz CT molecular complexity index is 1080. The maximum atomic E-state index is 14.5. The summed E-state index contributed by atoms with van der Waals surface area (Å²) in [6, 6.07) is 5.43. The van der Waals surface area contributed by atoms with Crippen LogP contribution < -0.4 is 9.64 Å². The lowest BCUT2D eigenvalue weighted by atomic mass is 9.65. The number of anilines is 1. The number of hydrogen-bond acceptors (Lipinski definition) is 7. The normalized spacial score (nSPS) is 30.1. The minimum Gasteiger partial charge on any atom is -0.497 e. The molecule has 9 heteroatoms. The zero-order valence-corrected chi connectivity index (χ0v) is 22.4. The van der Waals surface area contributed by atoms with Crippen molar-refractivity contribution >= 4 is 23.5 Å². The van der Waals surface area contributed by atoms with E-state index in [9.17, 15) is 19.5 Å². The Balaban J connectivity index is 1.83. The number of rotatable bonds is 12. The van der Waals surface area contributed by atoms with Gasteiger partial charge in [-0.1, -0.05) is 32.6 Å². The van der Waals surface area contributed by atoms with Crippen molar-refractivity contribution in [2.24, 2.45) is 11.8 Å². The van der Waals surface area contributed by atoms with Gasteiger partial charge in [0, 0.05) is 12.2 Å². The summed E-state index contributed by atoms with van der Waals surface area (Å²) in [7, 11) is 1.57. The van der Waals surface area contributed by atoms with E-state index in [1.54, 1.807) is 42.4 Å². The lowest BCUT2D eigenvalue weighted by Crippen LogP contribution is -2.59. The molecule has 0 aromatic heterocycles. The van der Waals surface area contributed by atoms with E-state index in [0.717, 1.165) is 0 Å². The molecule has 38 heavy (non-hydrogen) atoms. The van der Waals surface area contributed by atoms with Crippen molar-refractivity contribution in [3.63, 3.8) is 0 Å². The van der Waals surface area contributed by atoms with E-state index in [4.69, 9.17) is 14.2 Å². The maximum absolute atomic E-state index is 14.5. The minimum atomic E-state index is -1.21. The maximum Gasteiger partial charge on any atom is 0.313 e. The molecular formula is C29H38N2O7. The predicted octanol–water partition coefficient (Wildman–Crippen LogP) is 2.87. The third-order valence-corrected chi connectivity index (χ3v) is 8.49. The number of likely N-dealkylation sites (tertiary alicyclic amines) is 1. The van der Waals surface area contributed by atoms with Crippen molar-refractivity contribution in [2.75, 3.05) is 31.8 Å². The van der Waals surface area contributed by atoms with Crippen LogP contribution in [0, 0.1) is 11.8 Å². The van der Waals surface area contributed by atoms with E-state index >= 15 is 0 Å². The first-order chi connectivity index (χ1) is 18.3. The Labute approximate surface area is 224 Å². The molecule has 206 valence electrons. The molecule has 1 spiro atoms. The first-order valence-corrected chi connectivity index (χ1v) is 13.3. The van der Waals surface area contributed by atoms with E-state index in [1.807, 2.05) is 13.8 Å². The predicted molar refractivity (Wildman–Crippen MR) is 142 cm³/mol. The summed E-state index contributed by atoms with van der Waals surface area (Å²) in [5.41, 5.74) is -1.50. The Kier molecular flexibility index (Phi) is 7.99. The fraction of sp³-hybridized carbons (Fsp3) is 0.552. The largest absolute Gasteiger partial charge is 0.497 e. The van der Waals surface area contributed by atoms with Crippen LogP contribution in [0.2, 0.25) is 0 Å². The number of ether oxygens (including phenoxy) is 3. The average molecular weight is 527 g/mol. The molecule has 0 saturated carbocycles. The fourth-order valence-corrected chi connectivity index (χ4v) is 6.69. The number of amides is 2. The van der Waals surface area contributed by atoms with Crippen LogP contribution in [-0.4, -0.2) is 77.9 Å². The van der Waals surface area contributed by atoms with Crippen LogP contribution in [0.25, 0.3) is 0 Å². The van der Waals surface area contributed by atoms with Gasteiger partial charge in [-0.3, -0.25) is 14.4 Å². The van der Waals surface area contributed by atoms with Gasteiger partial charge in [0.15, 0.2) is 0 Å². The number of carbonyl (C=O) groups is 3. The highest BCUT2D eigenvalue weighted by Crippen LogP contribution is 2.65. The molecule has 2 amide bonds. The van der Waals surface area contributed by atoms with Gasteiger partial charge in [-0.15, -0.1) is 6.58 Å². The highest BCUT2D eigenvalue weighted by molar-refractivity contribution is 6.05. The molecule has 3 saturated heterocycles. The molecule has 3 heterocycles. The number of benzene rings is 1. The van der Waals surface area contributed by atoms with Crippen LogP contribution in [-0.2, 0) is 23.9 Å². The highest BCUT2D eigenvalue weighted by Gasteiger charge is 2.79. The van der Waals surface area contributed by atoms with Crippen molar-refractivity contribution in [1.82, 2.24) is 4.90 Å². The van der Waals surface area contributed by atoms with E-state index in [-0.39, 0.29) is 31.6 Å². The van der Waals surface area contributed by atoms with Gasteiger partial charge in [-0.05, 0) is 49.9 Å². The van der Waals surface area contributed by atoms with Crippen LogP contribution in [0.15, 0.2) is 49.6 Å². The number of hydrogen-bond donors (Lipinski definition) is 1. The number of fused-ring (bicyclic) bond motifs is 1. The lowest BCUT2D eigenvalue weighted by Gasteiger charge is -2.39. The van der Waals surface area contributed by atoms with Gasteiger partial charge in [0.05, 0.1) is 31.3 Å². The minimum absolute atomic E-state index is 0.0217. The molecule has 3 aliphatic heterocycles. The number of nitrogens with zero attached hydrogens (tertiary/aromatic N) is 2. The fourth-order valence-electron chi connectivity index (χ4n) is 6.69. The SMILES string of the molecule is C=CCOC(=O)[C@H]1[C@H]2C(=O)N([C@@H](CC)CO)C(C(=O)N(CC=C)c3ccc(OC)cc3)C23CC[C@]1(CC)O3. The molecule has 6 atom stereocenters. The second-order valence-corrected chi connectivity index (χ2v) is 10.2. The summed E-state index contributed by atoms with van der Waals surface area (Å²) >= 11 is 0. The first-order valence-electron chi connectivity index (χ1n) is 13.3. The topological polar surface area (TPSA) is 106 Å². The average Bonchev–Trinajstić information content (AvgIpc) is 3.55. The third kappa shape index (κ3) is 4.12. The van der Waals surface area contributed by atoms with Gasteiger partial charge in [-0.2, -0.15) is 0 Å². The van der Waals surface area contributed by atoms with Crippen LogP contribution in [0.5, 0.6) is 5.75 Å². The van der Waals surface area contributed by atoms with Gasteiger partial charge in [-0.25, -0.2) is 0 Å². The molecule has 0 radical (unpaired) electrons. The van der Waals surface area contributed by atoms with Crippen LogP contribution in [0.4, 0.5) is 5.69 Å². The molecular weight excluding hydrogens is 488 g/mol.